The summed E-state index contributed by atoms with van der Waals surface area (Å²) in [6.45, 7) is 1.95. The number of hydrogen-bond donors (Lipinski definition) is 2. The Labute approximate surface area is 197 Å². The first-order chi connectivity index (χ1) is 16.0. The van der Waals surface area contributed by atoms with E-state index in [-0.39, 0.29) is 5.56 Å². The van der Waals surface area contributed by atoms with Crippen molar-refractivity contribution in [3.63, 3.8) is 0 Å². The number of nitriles is 1. The second-order valence-corrected chi connectivity index (χ2v) is 9.50. The fraction of sp³-hybridized carbons (Fsp3) is 0.458. The van der Waals surface area contributed by atoms with Gasteiger partial charge in [0.15, 0.2) is 5.82 Å². The Balaban J connectivity index is 1.48. The van der Waals surface area contributed by atoms with Gasteiger partial charge in [-0.15, -0.1) is 0 Å². The first-order valence-electron chi connectivity index (χ1n) is 11.3. The highest BCUT2D eigenvalue weighted by Gasteiger charge is 2.43. The minimum absolute atomic E-state index is 0.206. The lowest BCUT2D eigenvalue weighted by molar-refractivity contribution is -0.0640. The van der Waals surface area contributed by atoms with Crippen LogP contribution in [0.3, 0.4) is 0 Å². The molecule has 0 atom stereocenters. The first kappa shape index (κ1) is 22.0. The molecule has 0 amide bonds. The SMILES string of the molecule is COC1CN([C@H]2CC[C@@](CC#N)(n3nc(Nc4ccc(Cl)cc4)c4c(=O)[nH]ccc43)CC2)C1. The molecule has 8 nitrogen and oxygen atoms in total. The quantitative estimate of drug-likeness (QED) is 0.569. The first-order valence-corrected chi connectivity index (χ1v) is 11.7. The lowest BCUT2D eigenvalue weighted by atomic mass is 9.76. The van der Waals surface area contributed by atoms with E-state index in [2.05, 4.69) is 21.3 Å². The number of nitrogens with zero attached hydrogens (tertiary/aromatic N) is 4. The zero-order valence-electron chi connectivity index (χ0n) is 18.6. The van der Waals surface area contributed by atoms with E-state index in [0.29, 0.717) is 34.8 Å². The lowest BCUT2D eigenvalue weighted by Crippen LogP contribution is -2.57. The largest absolute Gasteiger partial charge is 0.379 e. The maximum Gasteiger partial charge on any atom is 0.261 e. The number of aromatic nitrogens is 3. The second kappa shape index (κ2) is 8.82. The zero-order valence-corrected chi connectivity index (χ0v) is 19.3. The molecule has 0 bridgehead atoms. The van der Waals surface area contributed by atoms with Gasteiger partial charge in [-0.1, -0.05) is 11.6 Å². The van der Waals surface area contributed by atoms with Gasteiger partial charge in [-0.05, 0) is 56.0 Å². The molecule has 1 aliphatic heterocycles. The van der Waals surface area contributed by atoms with Crippen LogP contribution in [-0.2, 0) is 10.3 Å². The molecule has 5 rings (SSSR count). The molecule has 1 saturated carbocycles. The van der Waals surface area contributed by atoms with Crippen LogP contribution in [0.1, 0.15) is 32.1 Å². The van der Waals surface area contributed by atoms with E-state index in [1.54, 1.807) is 25.4 Å². The Morgan fingerprint density at radius 3 is 2.67 bits per heavy atom. The molecule has 1 saturated heterocycles. The van der Waals surface area contributed by atoms with Gasteiger partial charge in [-0.3, -0.25) is 14.4 Å². The number of halogens is 1. The Morgan fingerprint density at radius 1 is 1.27 bits per heavy atom. The van der Waals surface area contributed by atoms with Gasteiger partial charge < -0.3 is 15.0 Å². The van der Waals surface area contributed by atoms with Crippen LogP contribution in [0, 0.1) is 11.3 Å². The smallest absolute Gasteiger partial charge is 0.261 e. The Hall–Kier alpha value is -2.86. The van der Waals surface area contributed by atoms with Crippen LogP contribution in [0.5, 0.6) is 0 Å². The summed E-state index contributed by atoms with van der Waals surface area (Å²) >= 11 is 6.01. The average Bonchev–Trinajstić information content (AvgIpc) is 3.16. The van der Waals surface area contributed by atoms with Crippen LogP contribution in [0.4, 0.5) is 11.5 Å². The highest BCUT2D eigenvalue weighted by Crippen LogP contribution is 2.42. The molecule has 172 valence electrons. The second-order valence-electron chi connectivity index (χ2n) is 9.06. The summed E-state index contributed by atoms with van der Waals surface area (Å²) < 4.78 is 7.36. The van der Waals surface area contributed by atoms with Crippen molar-refractivity contribution < 1.29 is 4.74 Å². The van der Waals surface area contributed by atoms with Crippen molar-refractivity contribution in [2.24, 2.45) is 0 Å². The molecule has 0 radical (unpaired) electrons. The van der Waals surface area contributed by atoms with E-state index < -0.39 is 5.54 Å². The number of rotatable bonds is 6. The molecule has 0 spiro atoms. The van der Waals surface area contributed by atoms with Gasteiger partial charge in [-0.25, -0.2) is 0 Å². The molecule has 3 aromatic rings. The fourth-order valence-corrected chi connectivity index (χ4v) is 5.35. The number of benzene rings is 1. The van der Waals surface area contributed by atoms with Crippen LogP contribution in [-0.4, -0.2) is 52.0 Å². The number of anilines is 2. The minimum atomic E-state index is -0.442. The number of hydrogen-bond acceptors (Lipinski definition) is 6. The average molecular weight is 467 g/mol. The molecular formula is C24H27ClN6O2. The Morgan fingerprint density at radius 2 is 2.00 bits per heavy atom. The van der Waals surface area contributed by atoms with Crippen molar-refractivity contribution in [2.45, 2.75) is 49.8 Å². The molecule has 1 aliphatic carbocycles. The lowest BCUT2D eigenvalue weighted by Gasteiger charge is -2.48. The molecule has 33 heavy (non-hydrogen) atoms. The topological polar surface area (TPSA) is 99.0 Å². The highest BCUT2D eigenvalue weighted by molar-refractivity contribution is 6.30. The van der Waals surface area contributed by atoms with Crippen molar-refractivity contribution >= 4 is 34.0 Å². The zero-order chi connectivity index (χ0) is 23.0. The van der Waals surface area contributed by atoms with Crippen LogP contribution < -0.4 is 10.9 Å². The van der Waals surface area contributed by atoms with Crippen LogP contribution in [0.25, 0.3) is 10.9 Å². The molecule has 9 heteroatoms. The van der Waals surface area contributed by atoms with Crippen molar-refractivity contribution in [1.29, 1.82) is 5.26 Å². The summed E-state index contributed by atoms with van der Waals surface area (Å²) in [7, 11) is 1.76. The predicted molar refractivity (Wildman–Crippen MR) is 128 cm³/mol. The summed E-state index contributed by atoms with van der Waals surface area (Å²) in [5.74, 6) is 0.485. The van der Waals surface area contributed by atoms with E-state index in [4.69, 9.17) is 21.4 Å². The highest BCUT2D eigenvalue weighted by atomic mass is 35.5. The van der Waals surface area contributed by atoms with Crippen LogP contribution >= 0.6 is 11.6 Å². The maximum atomic E-state index is 12.8. The summed E-state index contributed by atoms with van der Waals surface area (Å²) in [5, 5.41) is 19.0. The van der Waals surface area contributed by atoms with E-state index in [0.717, 1.165) is 50.0 Å². The number of pyridine rings is 1. The number of H-pyrrole nitrogens is 1. The third-order valence-corrected chi connectivity index (χ3v) is 7.43. The van der Waals surface area contributed by atoms with E-state index >= 15 is 0 Å². The van der Waals surface area contributed by atoms with Crippen molar-refractivity contribution in [1.82, 2.24) is 19.7 Å². The number of ether oxygens (including phenoxy) is 1. The summed E-state index contributed by atoms with van der Waals surface area (Å²) in [5.41, 5.74) is 0.884. The monoisotopic (exact) mass is 466 g/mol. The van der Waals surface area contributed by atoms with E-state index in [1.165, 1.54) is 0 Å². The molecule has 1 aromatic carbocycles. The van der Waals surface area contributed by atoms with Gasteiger partial charge >= 0.3 is 0 Å². The summed E-state index contributed by atoms with van der Waals surface area (Å²) in [6.07, 6.45) is 5.98. The number of methoxy groups -OCH3 is 1. The summed E-state index contributed by atoms with van der Waals surface area (Å²) in [4.78, 5) is 18.0. The third kappa shape index (κ3) is 4.01. The number of nitrogens with one attached hydrogen (secondary N) is 2. The van der Waals surface area contributed by atoms with Crippen LogP contribution in [0.15, 0.2) is 41.3 Å². The minimum Gasteiger partial charge on any atom is -0.379 e. The molecule has 2 aliphatic rings. The van der Waals surface area contributed by atoms with Gasteiger partial charge in [0.05, 0.1) is 29.6 Å². The number of fused-ring (bicyclic) bond motifs is 1. The fourth-order valence-electron chi connectivity index (χ4n) is 5.23. The molecular weight excluding hydrogens is 440 g/mol. The molecule has 3 heterocycles. The van der Waals surface area contributed by atoms with Crippen molar-refractivity contribution in [3.8, 4) is 6.07 Å². The number of likely N-dealkylation sites (tertiary alicyclic amines) is 1. The van der Waals surface area contributed by atoms with Crippen molar-refractivity contribution in [2.75, 3.05) is 25.5 Å². The van der Waals surface area contributed by atoms with Gasteiger partial charge in [0.25, 0.3) is 5.56 Å². The number of aromatic amines is 1. The normalized spacial score (nSPS) is 23.8. The van der Waals surface area contributed by atoms with E-state index in [1.807, 2.05) is 22.9 Å². The van der Waals surface area contributed by atoms with E-state index in [9.17, 15) is 10.1 Å². The van der Waals surface area contributed by atoms with Gasteiger partial charge in [0.2, 0.25) is 0 Å². The molecule has 2 N–H and O–H groups in total. The van der Waals surface area contributed by atoms with Gasteiger partial charge in [-0.2, -0.15) is 10.4 Å². The van der Waals surface area contributed by atoms with Crippen LogP contribution in [0.2, 0.25) is 5.02 Å². The molecule has 2 aromatic heterocycles. The Kier molecular flexibility index (Phi) is 5.87. The standard InChI is InChI=1S/C24H27ClN6O2/c1-33-19-14-30(15-19)18-6-9-24(10-7-18,11-12-26)31-20-8-13-27-23(32)21(20)22(29-31)28-17-4-2-16(25)3-5-17/h2-5,8,13,18-19H,6-7,9-11,14-15H2,1H3,(H,27,32)(H,28,29)/t18-,24+. The van der Waals surface area contributed by atoms with Gasteiger partial charge in [0, 0.05) is 43.1 Å². The Bertz CT molecular complexity index is 1230. The third-order valence-electron chi connectivity index (χ3n) is 7.18. The van der Waals surface area contributed by atoms with Gasteiger partial charge in [0.1, 0.15) is 5.39 Å². The molecule has 2 fully saturated rings. The maximum absolute atomic E-state index is 12.8. The summed E-state index contributed by atoms with van der Waals surface area (Å²) in [6, 6.07) is 12.0. The van der Waals surface area contributed by atoms with Crippen molar-refractivity contribution in [3.05, 3.63) is 51.9 Å². The predicted octanol–water partition coefficient (Wildman–Crippen LogP) is 4.00. The molecule has 0 unspecified atom stereocenters.